The molecule has 1 rings (SSSR count). The number of carboxylic acid groups (broad SMARTS) is 1. The quantitative estimate of drug-likeness (QED) is 0.673. The number of rotatable bonds is 2. The van der Waals surface area contributed by atoms with Gasteiger partial charge in [-0.1, -0.05) is 12.1 Å². The molecule has 0 fully saturated rings. The number of hydrogen-bond donors (Lipinski definition) is 0. The average molecular weight is 177 g/mol. The Morgan fingerprint density at radius 3 is 2.08 bits per heavy atom. The van der Waals surface area contributed by atoms with Gasteiger partial charge in [-0.25, -0.2) is 0 Å². The van der Waals surface area contributed by atoms with Crippen molar-refractivity contribution in [2.24, 2.45) is 0 Å². The topological polar surface area (TPSA) is 40.1 Å². The van der Waals surface area contributed by atoms with Crippen molar-refractivity contribution < 1.29 is 9.90 Å². The van der Waals surface area contributed by atoms with Gasteiger partial charge >= 0.3 is 0 Å². The van der Waals surface area contributed by atoms with E-state index in [-0.39, 0.29) is 6.42 Å². The highest BCUT2D eigenvalue weighted by atomic mass is 16.4. The van der Waals surface area contributed by atoms with E-state index in [1.807, 2.05) is 32.9 Å². The van der Waals surface area contributed by atoms with Gasteiger partial charge in [-0.2, -0.15) is 0 Å². The standard InChI is InChI=1S/C11H14O2/c1-7-4-10(6-11(12)13)5-8(2)9(7)3/h4-5H,6H2,1-3H3,(H,12,13)/p-1. The molecule has 0 saturated heterocycles. The molecule has 0 radical (unpaired) electrons. The van der Waals surface area contributed by atoms with E-state index >= 15 is 0 Å². The van der Waals surface area contributed by atoms with Crippen LogP contribution in [0.2, 0.25) is 0 Å². The first kappa shape index (κ1) is 9.78. The third kappa shape index (κ3) is 2.31. The summed E-state index contributed by atoms with van der Waals surface area (Å²) in [6, 6.07) is 3.80. The van der Waals surface area contributed by atoms with E-state index < -0.39 is 5.97 Å². The minimum absolute atomic E-state index is 0.00194. The van der Waals surface area contributed by atoms with Crippen LogP contribution >= 0.6 is 0 Å². The Balaban J connectivity index is 3.06. The van der Waals surface area contributed by atoms with Crippen molar-refractivity contribution in [1.82, 2.24) is 0 Å². The maximum atomic E-state index is 10.4. The number of carbonyl (C=O) groups excluding carboxylic acids is 1. The molecule has 1 aromatic carbocycles. The fourth-order valence-electron chi connectivity index (χ4n) is 1.39. The zero-order valence-electron chi connectivity index (χ0n) is 8.18. The molecule has 0 aliphatic rings. The van der Waals surface area contributed by atoms with Crippen LogP contribution in [0.15, 0.2) is 12.1 Å². The number of aryl methyl sites for hydroxylation is 2. The summed E-state index contributed by atoms with van der Waals surface area (Å²) in [4.78, 5) is 10.4. The number of carboxylic acids is 1. The Hall–Kier alpha value is -1.31. The second kappa shape index (κ2) is 3.60. The lowest BCUT2D eigenvalue weighted by molar-refractivity contribution is -0.304. The molecule has 0 heterocycles. The SMILES string of the molecule is Cc1cc(CC(=O)[O-])cc(C)c1C. The van der Waals surface area contributed by atoms with Crippen LogP contribution in [0.5, 0.6) is 0 Å². The van der Waals surface area contributed by atoms with Crippen molar-refractivity contribution in [3.63, 3.8) is 0 Å². The van der Waals surface area contributed by atoms with Crippen LogP contribution in [-0.2, 0) is 11.2 Å². The minimum atomic E-state index is -1.03. The predicted octanol–water partition coefficient (Wildman–Crippen LogP) is 0.904. The van der Waals surface area contributed by atoms with Crippen LogP contribution in [0.3, 0.4) is 0 Å². The van der Waals surface area contributed by atoms with Crippen molar-refractivity contribution >= 4 is 5.97 Å². The lowest BCUT2D eigenvalue weighted by Crippen LogP contribution is -2.24. The van der Waals surface area contributed by atoms with Crippen LogP contribution in [0.25, 0.3) is 0 Å². The van der Waals surface area contributed by atoms with Crippen LogP contribution in [0.4, 0.5) is 0 Å². The number of benzene rings is 1. The van der Waals surface area contributed by atoms with Gasteiger partial charge in [0.15, 0.2) is 0 Å². The third-order valence-electron chi connectivity index (χ3n) is 2.34. The van der Waals surface area contributed by atoms with E-state index in [2.05, 4.69) is 0 Å². The number of hydrogen-bond acceptors (Lipinski definition) is 2. The van der Waals surface area contributed by atoms with Gasteiger partial charge in [0.05, 0.1) is 0 Å². The highest BCUT2D eigenvalue weighted by Gasteiger charge is 2.00. The second-order valence-corrected chi connectivity index (χ2v) is 3.40. The van der Waals surface area contributed by atoms with Gasteiger partial charge in [0.2, 0.25) is 0 Å². The van der Waals surface area contributed by atoms with Gasteiger partial charge < -0.3 is 9.90 Å². The molecule has 70 valence electrons. The van der Waals surface area contributed by atoms with Crippen molar-refractivity contribution in [3.05, 3.63) is 34.4 Å². The molecule has 0 atom stereocenters. The van der Waals surface area contributed by atoms with Gasteiger partial charge in [-0.05, 0) is 43.0 Å². The largest absolute Gasteiger partial charge is 0.550 e. The Morgan fingerprint density at radius 1 is 1.23 bits per heavy atom. The Labute approximate surface area is 78.2 Å². The van der Waals surface area contributed by atoms with Crippen molar-refractivity contribution in [1.29, 1.82) is 0 Å². The van der Waals surface area contributed by atoms with Crippen LogP contribution in [-0.4, -0.2) is 5.97 Å². The molecule has 0 aromatic heterocycles. The highest BCUT2D eigenvalue weighted by molar-refractivity contribution is 5.68. The minimum Gasteiger partial charge on any atom is -0.550 e. The molecule has 0 N–H and O–H groups in total. The van der Waals surface area contributed by atoms with Crippen LogP contribution in [0.1, 0.15) is 22.3 Å². The molecule has 2 nitrogen and oxygen atoms in total. The summed E-state index contributed by atoms with van der Waals surface area (Å²) in [5.41, 5.74) is 4.31. The van der Waals surface area contributed by atoms with Crippen LogP contribution < -0.4 is 5.11 Å². The molecule has 0 bridgehead atoms. The van der Waals surface area contributed by atoms with E-state index in [0.717, 1.165) is 16.7 Å². The molecule has 0 aliphatic heterocycles. The van der Waals surface area contributed by atoms with Gasteiger partial charge in [-0.15, -0.1) is 0 Å². The third-order valence-corrected chi connectivity index (χ3v) is 2.34. The van der Waals surface area contributed by atoms with Gasteiger partial charge in [0.1, 0.15) is 0 Å². The summed E-state index contributed by atoms with van der Waals surface area (Å²) < 4.78 is 0. The molecule has 2 heteroatoms. The van der Waals surface area contributed by atoms with Gasteiger partial charge in [-0.3, -0.25) is 0 Å². The average Bonchev–Trinajstić information content (AvgIpc) is 1.98. The zero-order valence-corrected chi connectivity index (χ0v) is 8.18. The summed E-state index contributed by atoms with van der Waals surface area (Å²) in [6.07, 6.45) is 0.00194. The van der Waals surface area contributed by atoms with Crippen molar-refractivity contribution in [2.45, 2.75) is 27.2 Å². The van der Waals surface area contributed by atoms with E-state index in [1.165, 1.54) is 5.56 Å². The number of carbonyl (C=O) groups is 1. The monoisotopic (exact) mass is 177 g/mol. The molecule has 13 heavy (non-hydrogen) atoms. The van der Waals surface area contributed by atoms with E-state index in [1.54, 1.807) is 0 Å². The first-order chi connectivity index (χ1) is 6.00. The lowest BCUT2D eigenvalue weighted by atomic mass is 9.99. The maximum Gasteiger partial charge on any atom is 0.0458 e. The molecule has 0 unspecified atom stereocenters. The fourth-order valence-corrected chi connectivity index (χ4v) is 1.39. The Kier molecular flexibility index (Phi) is 2.71. The lowest BCUT2D eigenvalue weighted by Gasteiger charge is -2.09. The molecule has 1 aromatic rings. The molecular weight excluding hydrogens is 164 g/mol. The zero-order chi connectivity index (χ0) is 10.0. The summed E-state index contributed by atoms with van der Waals surface area (Å²) in [7, 11) is 0. The molecule has 0 aliphatic carbocycles. The van der Waals surface area contributed by atoms with E-state index in [9.17, 15) is 9.90 Å². The Bertz CT molecular complexity index is 317. The van der Waals surface area contributed by atoms with Gasteiger partial charge in [0.25, 0.3) is 0 Å². The van der Waals surface area contributed by atoms with Gasteiger partial charge in [0, 0.05) is 12.4 Å². The fraction of sp³-hybridized carbons (Fsp3) is 0.364. The van der Waals surface area contributed by atoms with Crippen LogP contribution in [0, 0.1) is 20.8 Å². The van der Waals surface area contributed by atoms with E-state index in [4.69, 9.17) is 0 Å². The first-order valence-electron chi connectivity index (χ1n) is 4.27. The number of aliphatic carboxylic acids is 1. The second-order valence-electron chi connectivity index (χ2n) is 3.40. The highest BCUT2D eigenvalue weighted by Crippen LogP contribution is 2.15. The first-order valence-corrected chi connectivity index (χ1v) is 4.27. The maximum absolute atomic E-state index is 10.4. The Morgan fingerprint density at radius 2 is 1.69 bits per heavy atom. The molecule has 0 saturated carbocycles. The smallest absolute Gasteiger partial charge is 0.0458 e. The molecule has 0 spiro atoms. The predicted molar refractivity (Wildman–Crippen MR) is 49.4 cm³/mol. The molecule has 0 amide bonds. The summed E-state index contributed by atoms with van der Waals surface area (Å²) in [5, 5.41) is 10.4. The van der Waals surface area contributed by atoms with E-state index in [0.29, 0.717) is 0 Å². The normalized spacial score (nSPS) is 10.1. The summed E-state index contributed by atoms with van der Waals surface area (Å²) >= 11 is 0. The summed E-state index contributed by atoms with van der Waals surface area (Å²) in [6.45, 7) is 6.01. The van der Waals surface area contributed by atoms with Crippen molar-refractivity contribution in [3.8, 4) is 0 Å². The van der Waals surface area contributed by atoms with Crippen molar-refractivity contribution in [2.75, 3.05) is 0 Å². The summed E-state index contributed by atoms with van der Waals surface area (Å²) in [5.74, 6) is -1.03. The molecular formula is C11H13O2-.